The standard InChI is InChI=1S/C11H15BrN4O3/c1-2-3-6(17)4-7(12)16-5-13-8-9(16)14-11(19)15-10(8)18/h5-7,17H,2-4H2,1H3,(H2,14,15,18,19). The molecule has 2 aromatic heterocycles. The lowest BCUT2D eigenvalue weighted by atomic mass is 10.1. The number of aliphatic hydroxyl groups excluding tert-OH is 1. The second-order valence-corrected chi connectivity index (χ2v) is 5.43. The van der Waals surface area contributed by atoms with Crippen LogP contribution in [0.25, 0.3) is 11.2 Å². The van der Waals surface area contributed by atoms with Gasteiger partial charge in [-0.15, -0.1) is 0 Å². The number of aromatic amines is 2. The van der Waals surface area contributed by atoms with Crippen molar-refractivity contribution in [2.45, 2.75) is 37.2 Å². The molecule has 0 aliphatic carbocycles. The molecule has 0 saturated carbocycles. The van der Waals surface area contributed by atoms with E-state index in [0.717, 1.165) is 6.42 Å². The van der Waals surface area contributed by atoms with E-state index in [1.807, 2.05) is 6.92 Å². The first-order chi connectivity index (χ1) is 9.02. The van der Waals surface area contributed by atoms with Crippen LogP contribution in [-0.2, 0) is 0 Å². The molecule has 0 spiro atoms. The molecule has 3 N–H and O–H groups in total. The van der Waals surface area contributed by atoms with Gasteiger partial charge in [-0.1, -0.05) is 29.3 Å². The largest absolute Gasteiger partial charge is 0.393 e. The van der Waals surface area contributed by atoms with Crippen molar-refractivity contribution in [1.82, 2.24) is 19.5 Å². The summed E-state index contributed by atoms with van der Waals surface area (Å²) in [5.41, 5.74) is -0.576. The molecule has 104 valence electrons. The predicted molar refractivity (Wildman–Crippen MR) is 74.5 cm³/mol. The number of rotatable bonds is 5. The van der Waals surface area contributed by atoms with E-state index in [0.29, 0.717) is 18.5 Å². The van der Waals surface area contributed by atoms with Crippen LogP contribution in [0.2, 0.25) is 0 Å². The summed E-state index contributed by atoms with van der Waals surface area (Å²) in [7, 11) is 0. The molecule has 0 saturated heterocycles. The highest BCUT2D eigenvalue weighted by Gasteiger charge is 2.17. The van der Waals surface area contributed by atoms with E-state index < -0.39 is 17.4 Å². The molecule has 2 unspecified atom stereocenters. The highest BCUT2D eigenvalue weighted by molar-refractivity contribution is 9.09. The van der Waals surface area contributed by atoms with Gasteiger partial charge >= 0.3 is 5.69 Å². The third-order valence-electron chi connectivity index (χ3n) is 2.86. The van der Waals surface area contributed by atoms with Crippen molar-refractivity contribution < 1.29 is 5.11 Å². The summed E-state index contributed by atoms with van der Waals surface area (Å²) in [6.45, 7) is 2.00. The van der Waals surface area contributed by atoms with Gasteiger partial charge in [-0.25, -0.2) is 9.78 Å². The fourth-order valence-corrected chi connectivity index (χ4v) is 2.70. The Morgan fingerprint density at radius 2 is 2.21 bits per heavy atom. The molecule has 2 rings (SSSR count). The maximum absolute atomic E-state index is 11.5. The van der Waals surface area contributed by atoms with Gasteiger partial charge in [0.2, 0.25) is 0 Å². The van der Waals surface area contributed by atoms with E-state index >= 15 is 0 Å². The number of aromatic nitrogens is 4. The van der Waals surface area contributed by atoms with E-state index in [2.05, 4.69) is 30.9 Å². The summed E-state index contributed by atoms with van der Waals surface area (Å²) >= 11 is 3.43. The maximum atomic E-state index is 11.5. The van der Waals surface area contributed by atoms with Crippen molar-refractivity contribution in [3.8, 4) is 0 Å². The zero-order valence-electron chi connectivity index (χ0n) is 10.4. The molecular weight excluding hydrogens is 316 g/mol. The molecule has 0 amide bonds. The molecule has 2 aromatic rings. The smallest absolute Gasteiger partial charge is 0.327 e. The number of imidazole rings is 1. The van der Waals surface area contributed by atoms with Crippen LogP contribution in [-0.4, -0.2) is 30.7 Å². The molecule has 2 atom stereocenters. The lowest BCUT2D eigenvalue weighted by molar-refractivity contribution is 0.147. The molecule has 19 heavy (non-hydrogen) atoms. The third kappa shape index (κ3) is 2.95. The third-order valence-corrected chi connectivity index (χ3v) is 3.67. The van der Waals surface area contributed by atoms with E-state index in [4.69, 9.17) is 0 Å². The summed E-state index contributed by atoms with van der Waals surface area (Å²) < 4.78 is 1.63. The molecule has 2 heterocycles. The Morgan fingerprint density at radius 1 is 1.47 bits per heavy atom. The molecule has 0 aliphatic heterocycles. The zero-order chi connectivity index (χ0) is 14.0. The Labute approximate surface area is 116 Å². The highest BCUT2D eigenvalue weighted by Crippen LogP contribution is 2.25. The van der Waals surface area contributed by atoms with Crippen LogP contribution in [0.4, 0.5) is 0 Å². The molecule has 0 bridgehead atoms. The maximum Gasteiger partial charge on any atom is 0.327 e. The van der Waals surface area contributed by atoms with Crippen molar-refractivity contribution in [2.24, 2.45) is 0 Å². The van der Waals surface area contributed by atoms with Crippen LogP contribution in [0.15, 0.2) is 15.9 Å². The topological polar surface area (TPSA) is 104 Å². The molecule has 8 heteroatoms. The van der Waals surface area contributed by atoms with E-state index in [1.54, 1.807) is 4.57 Å². The summed E-state index contributed by atoms with van der Waals surface area (Å²) in [6, 6.07) is 0. The lowest BCUT2D eigenvalue weighted by Gasteiger charge is -2.16. The number of H-pyrrole nitrogens is 2. The number of hydrogen-bond acceptors (Lipinski definition) is 4. The average molecular weight is 331 g/mol. The van der Waals surface area contributed by atoms with Crippen molar-refractivity contribution in [2.75, 3.05) is 0 Å². The first-order valence-electron chi connectivity index (χ1n) is 6.04. The monoisotopic (exact) mass is 330 g/mol. The first-order valence-corrected chi connectivity index (χ1v) is 6.95. The van der Waals surface area contributed by atoms with Crippen LogP contribution in [0, 0.1) is 0 Å². The minimum atomic E-state index is -0.576. The quantitative estimate of drug-likeness (QED) is 0.707. The van der Waals surface area contributed by atoms with Crippen LogP contribution in [0.5, 0.6) is 0 Å². The normalized spacial score (nSPS) is 14.7. The first kappa shape index (κ1) is 14.0. The van der Waals surface area contributed by atoms with Crippen LogP contribution < -0.4 is 11.2 Å². The van der Waals surface area contributed by atoms with Crippen LogP contribution in [0.1, 0.15) is 31.1 Å². The number of hydrogen-bond donors (Lipinski definition) is 3. The summed E-state index contributed by atoms with van der Waals surface area (Å²) in [5.74, 6) is 0. The summed E-state index contributed by atoms with van der Waals surface area (Å²) in [4.78, 5) is 31.2. The Hall–Kier alpha value is -1.41. The lowest BCUT2D eigenvalue weighted by Crippen LogP contribution is -2.23. The summed E-state index contributed by atoms with van der Waals surface area (Å²) in [6.07, 6.45) is 3.08. The van der Waals surface area contributed by atoms with Crippen molar-refractivity contribution >= 4 is 27.1 Å². The van der Waals surface area contributed by atoms with Crippen LogP contribution >= 0.6 is 15.9 Å². The van der Waals surface area contributed by atoms with Gasteiger partial charge in [0.1, 0.15) is 5.65 Å². The van der Waals surface area contributed by atoms with Crippen molar-refractivity contribution in [3.63, 3.8) is 0 Å². The summed E-state index contributed by atoms with van der Waals surface area (Å²) in [5, 5.41) is 9.80. The van der Waals surface area contributed by atoms with Gasteiger partial charge in [-0.3, -0.25) is 14.8 Å². The van der Waals surface area contributed by atoms with Crippen molar-refractivity contribution in [1.29, 1.82) is 0 Å². The molecule has 0 aromatic carbocycles. The zero-order valence-corrected chi connectivity index (χ0v) is 12.0. The Bertz CT molecular complexity index is 674. The fraction of sp³-hybridized carbons (Fsp3) is 0.545. The van der Waals surface area contributed by atoms with E-state index in [1.165, 1.54) is 6.33 Å². The van der Waals surface area contributed by atoms with Gasteiger partial charge in [-0.2, -0.15) is 0 Å². The molecule has 0 fully saturated rings. The second-order valence-electron chi connectivity index (χ2n) is 4.37. The average Bonchev–Trinajstić information content (AvgIpc) is 2.72. The molecule has 7 nitrogen and oxygen atoms in total. The van der Waals surface area contributed by atoms with Gasteiger partial charge in [0, 0.05) is 6.42 Å². The minimum absolute atomic E-state index is 0.175. The van der Waals surface area contributed by atoms with Gasteiger partial charge in [0.05, 0.1) is 17.4 Å². The van der Waals surface area contributed by atoms with E-state index in [9.17, 15) is 14.7 Å². The number of fused-ring (bicyclic) bond motifs is 1. The molecule has 0 radical (unpaired) electrons. The van der Waals surface area contributed by atoms with E-state index in [-0.39, 0.29) is 10.5 Å². The minimum Gasteiger partial charge on any atom is -0.393 e. The Balaban J connectivity index is 2.35. The van der Waals surface area contributed by atoms with Gasteiger partial charge in [0.15, 0.2) is 5.52 Å². The second kappa shape index (κ2) is 5.70. The van der Waals surface area contributed by atoms with Gasteiger partial charge in [-0.05, 0) is 6.42 Å². The molecular formula is C11H15BrN4O3. The Kier molecular flexibility index (Phi) is 4.20. The highest BCUT2D eigenvalue weighted by atomic mass is 79.9. The number of halogens is 1. The Morgan fingerprint density at radius 3 is 2.89 bits per heavy atom. The number of aliphatic hydroxyl groups is 1. The number of nitrogens with zero attached hydrogens (tertiary/aromatic N) is 2. The van der Waals surface area contributed by atoms with Gasteiger partial charge in [0.25, 0.3) is 5.56 Å². The van der Waals surface area contributed by atoms with Crippen LogP contribution in [0.3, 0.4) is 0 Å². The fourth-order valence-electron chi connectivity index (χ4n) is 1.95. The van der Waals surface area contributed by atoms with Gasteiger partial charge < -0.3 is 9.67 Å². The SMILES string of the molecule is CCCC(O)CC(Br)n1cnc2c(=O)[nH]c(=O)[nH]c21. The number of nitrogens with one attached hydrogen (secondary N) is 2. The number of alkyl halides is 1. The molecule has 0 aliphatic rings. The predicted octanol–water partition coefficient (Wildman–Crippen LogP) is 0.857. The van der Waals surface area contributed by atoms with Crippen molar-refractivity contribution in [3.05, 3.63) is 27.2 Å².